The molecule has 0 fully saturated rings. The van der Waals surface area contributed by atoms with Crippen LogP contribution in [0.25, 0.3) is 0 Å². The van der Waals surface area contributed by atoms with E-state index in [2.05, 4.69) is 42.0 Å². The van der Waals surface area contributed by atoms with Gasteiger partial charge in [0.15, 0.2) is 11.5 Å². The Kier molecular flexibility index (Phi) is 6.24. The number of halogens is 2. The van der Waals surface area contributed by atoms with Crippen molar-refractivity contribution >= 4 is 15.9 Å². The highest BCUT2D eigenvalue weighted by molar-refractivity contribution is 9.10. The standard InChI is InChI=1S/C19H23BrFNO2/c1-19(2,3)22-11-14-9-17(23-4)18(10-16(14)20)24-12-13-5-7-15(21)8-6-13/h5-10,22H,11-12H2,1-4H3. The molecule has 0 atom stereocenters. The second-order valence-electron chi connectivity index (χ2n) is 6.61. The van der Waals surface area contributed by atoms with E-state index in [4.69, 9.17) is 9.47 Å². The summed E-state index contributed by atoms with van der Waals surface area (Å²) in [6.07, 6.45) is 0. The van der Waals surface area contributed by atoms with Gasteiger partial charge in [0.1, 0.15) is 12.4 Å². The smallest absolute Gasteiger partial charge is 0.162 e. The lowest BCUT2D eigenvalue weighted by atomic mass is 10.1. The molecule has 2 aromatic carbocycles. The summed E-state index contributed by atoms with van der Waals surface area (Å²) in [7, 11) is 1.62. The van der Waals surface area contributed by atoms with Crippen LogP contribution < -0.4 is 14.8 Å². The minimum absolute atomic E-state index is 0.0322. The highest BCUT2D eigenvalue weighted by Crippen LogP contribution is 2.34. The fourth-order valence-electron chi connectivity index (χ4n) is 2.09. The van der Waals surface area contributed by atoms with Crippen molar-refractivity contribution in [3.63, 3.8) is 0 Å². The van der Waals surface area contributed by atoms with Crippen LogP contribution in [0.2, 0.25) is 0 Å². The number of ether oxygens (including phenoxy) is 2. The second-order valence-corrected chi connectivity index (χ2v) is 7.47. The minimum atomic E-state index is -0.255. The summed E-state index contributed by atoms with van der Waals surface area (Å²) < 4.78 is 25.2. The Morgan fingerprint density at radius 2 is 1.75 bits per heavy atom. The van der Waals surface area contributed by atoms with Gasteiger partial charge < -0.3 is 14.8 Å². The SMILES string of the molecule is COc1cc(CNC(C)(C)C)c(Br)cc1OCc1ccc(F)cc1. The van der Waals surface area contributed by atoms with E-state index in [1.54, 1.807) is 19.2 Å². The van der Waals surface area contributed by atoms with E-state index in [9.17, 15) is 4.39 Å². The molecule has 3 nitrogen and oxygen atoms in total. The molecule has 5 heteroatoms. The molecule has 0 amide bonds. The van der Waals surface area contributed by atoms with Gasteiger partial charge in [-0.05, 0) is 56.2 Å². The fraction of sp³-hybridized carbons (Fsp3) is 0.368. The number of nitrogens with one attached hydrogen (secondary N) is 1. The normalized spacial score (nSPS) is 11.4. The zero-order chi connectivity index (χ0) is 17.7. The number of benzene rings is 2. The van der Waals surface area contributed by atoms with Crippen LogP contribution in [0.5, 0.6) is 11.5 Å². The molecule has 0 aliphatic carbocycles. The third-order valence-electron chi connectivity index (χ3n) is 3.45. The van der Waals surface area contributed by atoms with Crippen molar-refractivity contribution in [3.05, 3.63) is 57.8 Å². The molecule has 0 radical (unpaired) electrons. The van der Waals surface area contributed by atoms with E-state index in [1.807, 2.05) is 12.1 Å². The Hall–Kier alpha value is -1.59. The summed E-state index contributed by atoms with van der Waals surface area (Å²) in [5.74, 6) is 1.06. The molecule has 2 rings (SSSR count). The first kappa shape index (κ1) is 18.7. The molecule has 130 valence electrons. The van der Waals surface area contributed by atoms with Gasteiger partial charge in [-0.15, -0.1) is 0 Å². The van der Waals surface area contributed by atoms with Crippen LogP contribution in [-0.4, -0.2) is 12.6 Å². The molecule has 0 saturated carbocycles. The van der Waals surface area contributed by atoms with Crippen molar-refractivity contribution in [1.29, 1.82) is 0 Å². The van der Waals surface area contributed by atoms with Crippen LogP contribution in [0, 0.1) is 5.82 Å². The lowest BCUT2D eigenvalue weighted by Crippen LogP contribution is -2.35. The first-order chi connectivity index (χ1) is 11.3. The highest BCUT2D eigenvalue weighted by Gasteiger charge is 2.14. The molecule has 0 saturated heterocycles. The van der Waals surface area contributed by atoms with Gasteiger partial charge >= 0.3 is 0 Å². The van der Waals surface area contributed by atoms with Crippen molar-refractivity contribution < 1.29 is 13.9 Å². The lowest BCUT2D eigenvalue weighted by Gasteiger charge is -2.22. The average Bonchev–Trinajstić information content (AvgIpc) is 2.52. The summed E-state index contributed by atoms with van der Waals surface area (Å²) in [6.45, 7) is 7.44. The zero-order valence-corrected chi connectivity index (χ0v) is 16.0. The predicted octanol–water partition coefficient (Wildman–Crippen LogP) is 5.06. The van der Waals surface area contributed by atoms with Crippen molar-refractivity contribution in [1.82, 2.24) is 5.32 Å². The van der Waals surface area contributed by atoms with Gasteiger partial charge in [-0.2, -0.15) is 0 Å². The van der Waals surface area contributed by atoms with E-state index >= 15 is 0 Å². The summed E-state index contributed by atoms with van der Waals surface area (Å²) >= 11 is 3.59. The van der Waals surface area contributed by atoms with E-state index in [1.165, 1.54) is 12.1 Å². The van der Waals surface area contributed by atoms with E-state index in [0.29, 0.717) is 18.1 Å². The molecule has 2 aromatic rings. The number of hydrogen-bond donors (Lipinski definition) is 1. The molecule has 0 bridgehead atoms. The number of hydrogen-bond acceptors (Lipinski definition) is 3. The van der Waals surface area contributed by atoms with Crippen LogP contribution in [0.3, 0.4) is 0 Å². The van der Waals surface area contributed by atoms with Gasteiger partial charge in [0.25, 0.3) is 0 Å². The fourth-order valence-corrected chi connectivity index (χ4v) is 2.55. The Morgan fingerprint density at radius 1 is 1.08 bits per heavy atom. The third kappa shape index (κ3) is 5.49. The quantitative estimate of drug-likeness (QED) is 0.740. The number of rotatable bonds is 6. The maximum Gasteiger partial charge on any atom is 0.162 e. The molecule has 0 unspecified atom stereocenters. The second kappa shape index (κ2) is 7.99. The summed E-state index contributed by atoms with van der Waals surface area (Å²) in [5.41, 5.74) is 2.02. The summed E-state index contributed by atoms with van der Waals surface area (Å²) in [6, 6.07) is 10.1. The van der Waals surface area contributed by atoms with Crippen LogP contribution >= 0.6 is 15.9 Å². The summed E-state index contributed by atoms with van der Waals surface area (Å²) in [4.78, 5) is 0. The molecule has 0 spiro atoms. The summed E-state index contributed by atoms with van der Waals surface area (Å²) in [5, 5.41) is 3.45. The highest BCUT2D eigenvalue weighted by atomic mass is 79.9. The largest absolute Gasteiger partial charge is 0.493 e. The average molecular weight is 396 g/mol. The number of methoxy groups -OCH3 is 1. The monoisotopic (exact) mass is 395 g/mol. The maximum absolute atomic E-state index is 12.9. The van der Waals surface area contributed by atoms with Crippen LogP contribution in [0.1, 0.15) is 31.9 Å². The molecule has 0 aromatic heterocycles. The van der Waals surface area contributed by atoms with Crippen molar-refractivity contribution in [2.75, 3.05) is 7.11 Å². The lowest BCUT2D eigenvalue weighted by molar-refractivity contribution is 0.284. The van der Waals surface area contributed by atoms with Crippen molar-refractivity contribution in [2.24, 2.45) is 0 Å². The van der Waals surface area contributed by atoms with Crippen LogP contribution in [0.15, 0.2) is 40.9 Å². The Bertz CT molecular complexity index is 681. The van der Waals surface area contributed by atoms with E-state index in [-0.39, 0.29) is 11.4 Å². The maximum atomic E-state index is 12.9. The molecular formula is C19H23BrFNO2. The van der Waals surface area contributed by atoms with Gasteiger partial charge in [0.05, 0.1) is 7.11 Å². The first-order valence-electron chi connectivity index (χ1n) is 7.77. The van der Waals surface area contributed by atoms with Gasteiger partial charge in [-0.1, -0.05) is 28.1 Å². The van der Waals surface area contributed by atoms with E-state index in [0.717, 1.165) is 22.1 Å². The Labute approximate surface area is 151 Å². The van der Waals surface area contributed by atoms with Crippen molar-refractivity contribution in [3.8, 4) is 11.5 Å². The molecular weight excluding hydrogens is 373 g/mol. The third-order valence-corrected chi connectivity index (χ3v) is 4.19. The topological polar surface area (TPSA) is 30.5 Å². The van der Waals surface area contributed by atoms with Crippen LogP contribution in [-0.2, 0) is 13.2 Å². The van der Waals surface area contributed by atoms with Crippen LogP contribution in [0.4, 0.5) is 4.39 Å². The van der Waals surface area contributed by atoms with Gasteiger partial charge in [0.2, 0.25) is 0 Å². The minimum Gasteiger partial charge on any atom is -0.493 e. The molecule has 1 N–H and O–H groups in total. The molecule has 0 heterocycles. The molecule has 0 aliphatic rings. The molecule has 24 heavy (non-hydrogen) atoms. The van der Waals surface area contributed by atoms with E-state index < -0.39 is 0 Å². The van der Waals surface area contributed by atoms with Gasteiger partial charge in [0, 0.05) is 16.6 Å². The predicted molar refractivity (Wildman–Crippen MR) is 98.0 cm³/mol. The van der Waals surface area contributed by atoms with Gasteiger partial charge in [-0.3, -0.25) is 0 Å². The molecule has 0 aliphatic heterocycles. The Morgan fingerprint density at radius 3 is 2.33 bits per heavy atom. The first-order valence-corrected chi connectivity index (χ1v) is 8.56. The Balaban J connectivity index is 2.12. The zero-order valence-electron chi connectivity index (χ0n) is 14.5. The van der Waals surface area contributed by atoms with Gasteiger partial charge in [-0.25, -0.2) is 4.39 Å². The van der Waals surface area contributed by atoms with Crippen molar-refractivity contribution in [2.45, 2.75) is 39.5 Å².